The lowest BCUT2D eigenvalue weighted by Crippen LogP contribution is -2.63. The number of nitrogens with one attached hydrogen (secondary N) is 1. The Hall–Kier alpha value is -3.80. The molecule has 2 aromatic heterocycles. The molecule has 8 rings (SSSR count). The number of aryl methyl sites for hydroxylation is 1. The smallest absolute Gasteiger partial charge is 0.271 e. The number of carbonyl (C=O) groups is 1. The first-order valence-electron chi connectivity index (χ1n) is 17.9. The monoisotopic (exact) mass is 651 g/mol. The van der Waals surface area contributed by atoms with Crippen LogP contribution in [0.4, 0.5) is 23.0 Å². The molecule has 11 nitrogen and oxygen atoms in total. The van der Waals surface area contributed by atoms with Gasteiger partial charge in [0.1, 0.15) is 5.69 Å². The zero-order chi connectivity index (χ0) is 32.9. The zero-order valence-electron chi connectivity index (χ0n) is 28.5. The van der Waals surface area contributed by atoms with Crippen LogP contribution in [-0.2, 0) is 4.74 Å². The van der Waals surface area contributed by atoms with E-state index in [1.807, 2.05) is 19.1 Å². The minimum atomic E-state index is -0.626. The largest absolute Gasteiger partial charge is 0.381 e. The van der Waals surface area contributed by atoms with Gasteiger partial charge in [0.05, 0.1) is 5.69 Å². The molecular formula is C37H49N9O2. The third kappa shape index (κ3) is 5.79. The molecule has 3 aromatic rings. The van der Waals surface area contributed by atoms with Gasteiger partial charge in [0.2, 0.25) is 0 Å². The molecule has 3 N–H and O–H groups in total. The number of pyridine rings is 1. The maximum atomic E-state index is 12.8. The van der Waals surface area contributed by atoms with E-state index < -0.39 is 5.91 Å². The van der Waals surface area contributed by atoms with Crippen LogP contribution in [0.15, 0.2) is 42.6 Å². The van der Waals surface area contributed by atoms with Crippen LogP contribution in [0, 0.1) is 12.3 Å². The summed E-state index contributed by atoms with van der Waals surface area (Å²) in [7, 11) is 2.25. The fourth-order valence-corrected chi connectivity index (χ4v) is 9.07. The molecule has 0 saturated carbocycles. The van der Waals surface area contributed by atoms with Gasteiger partial charge in [0.25, 0.3) is 5.91 Å². The highest BCUT2D eigenvalue weighted by Crippen LogP contribution is 2.46. The number of likely N-dealkylation sites (tertiary alicyclic amines) is 2. The number of rotatable bonds is 7. The summed E-state index contributed by atoms with van der Waals surface area (Å²) >= 11 is 0. The number of nitrogens with two attached hydrogens (primary N) is 1. The SMILES string of the molecule is Cc1cccnc1-c1nc(C(N)=O)c(Nc2ccc(N3CCC(N4CCC5(CC4)CN(C)C5)CC3)cc2)nc1N1CCC12CCOCC2. The van der Waals surface area contributed by atoms with Crippen LogP contribution < -0.4 is 20.9 Å². The molecule has 0 bridgehead atoms. The van der Waals surface area contributed by atoms with Crippen LogP contribution in [0.25, 0.3) is 11.4 Å². The molecule has 5 aliphatic rings. The topological polar surface area (TPSA) is 116 Å². The van der Waals surface area contributed by atoms with Gasteiger partial charge in [0, 0.05) is 75.1 Å². The highest BCUT2D eigenvalue weighted by atomic mass is 16.5. The minimum absolute atomic E-state index is 0.0191. The molecule has 254 valence electrons. The predicted molar refractivity (Wildman–Crippen MR) is 189 cm³/mol. The second-order valence-corrected chi connectivity index (χ2v) is 15.0. The third-order valence-electron chi connectivity index (χ3n) is 11.9. The summed E-state index contributed by atoms with van der Waals surface area (Å²) in [6, 6.07) is 13.1. The molecule has 11 heteroatoms. The van der Waals surface area contributed by atoms with Gasteiger partial charge in [0.15, 0.2) is 17.3 Å². The highest BCUT2D eigenvalue weighted by molar-refractivity contribution is 5.98. The van der Waals surface area contributed by atoms with Crippen LogP contribution in [0.1, 0.15) is 61.0 Å². The van der Waals surface area contributed by atoms with Gasteiger partial charge in [-0.15, -0.1) is 0 Å². The first kappa shape index (κ1) is 31.5. The van der Waals surface area contributed by atoms with Gasteiger partial charge in [-0.05, 0) is 113 Å². The summed E-state index contributed by atoms with van der Waals surface area (Å²) in [5, 5.41) is 3.41. The Bertz CT molecular complexity index is 1630. The summed E-state index contributed by atoms with van der Waals surface area (Å²) in [6.07, 6.45) is 9.83. The number of primary amides is 1. The molecule has 1 aromatic carbocycles. The highest BCUT2D eigenvalue weighted by Gasteiger charge is 2.48. The van der Waals surface area contributed by atoms with Crippen molar-refractivity contribution in [2.75, 3.05) is 81.2 Å². The third-order valence-corrected chi connectivity index (χ3v) is 11.9. The van der Waals surface area contributed by atoms with Gasteiger partial charge < -0.3 is 35.4 Å². The van der Waals surface area contributed by atoms with Crippen LogP contribution in [-0.4, -0.2) is 108 Å². The molecule has 7 heterocycles. The van der Waals surface area contributed by atoms with Crippen molar-refractivity contribution in [2.24, 2.45) is 11.1 Å². The number of nitrogens with zero attached hydrogens (tertiary/aromatic N) is 7. The summed E-state index contributed by atoms with van der Waals surface area (Å²) in [5.41, 5.74) is 11.0. The van der Waals surface area contributed by atoms with Crippen molar-refractivity contribution in [1.82, 2.24) is 24.8 Å². The maximum absolute atomic E-state index is 12.8. The van der Waals surface area contributed by atoms with Gasteiger partial charge in [-0.1, -0.05) is 6.07 Å². The van der Waals surface area contributed by atoms with E-state index in [1.165, 1.54) is 57.5 Å². The van der Waals surface area contributed by atoms with Gasteiger partial charge in [-0.3, -0.25) is 9.78 Å². The Labute approximate surface area is 283 Å². The van der Waals surface area contributed by atoms with E-state index in [9.17, 15) is 4.79 Å². The molecule has 5 saturated heterocycles. The number of piperidine rings is 2. The normalized spacial score (nSPS) is 22.8. The molecule has 1 amide bonds. The number of benzene rings is 1. The Kier molecular flexibility index (Phi) is 8.25. The lowest BCUT2D eigenvalue weighted by molar-refractivity contribution is -0.0419. The molecular weight excluding hydrogens is 602 g/mol. The van der Waals surface area contributed by atoms with Crippen LogP contribution in [0.5, 0.6) is 0 Å². The fraction of sp³-hybridized carbons (Fsp3) is 0.568. The molecule has 48 heavy (non-hydrogen) atoms. The zero-order valence-corrected chi connectivity index (χ0v) is 28.5. The van der Waals surface area contributed by atoms with Crippen molar-refractivity contribution >= 4 is 28.9 Å². The summed E-state index contributed by atoms with van der Waals surface area (Å²) in [5.74, 6) is 0.481. The molecule has 5 aliphatic heterocycles. The Morgan fingerprint density at radius 2 is 1.65 bits per heavy atom. The first-order valence-corrected chi connectivity index (χ1v) is 17.9. The number of hydrogen-bond acceptors (Lipinski definition) is 10. The van der Waals surface area contributed by atoms with Crippen molar-refractivity contribution < 1.29 is 9.53 Å². The second-order valence-electron chi connectivity index (χ2n) is 15.0. The Balaban J connectivity index is 0.990. The molecule has 2 spiro atoms. The van der Waals surface area contributed by atoms with Crippen molar-refractivity contribution in [3.8, 4) is 11.4 Å². The fourth-order valence-electron chi connectivity index (χ4n) is 9.07. The number of amides is 1. The van der Waals surface area contributed by atoms with E-state index >= 15 is 0 Å². The van der Waals surface area contributed by atoms with Gasteiger partial charge >= 0.3 is 0 Å². The van der Waals surface area contributed by atoms with E-state index in [2.05, 4.69) is 61.2 Å². The number of ether oxygens (including phenoxy) is 1. The van der Waals surface area contributed by atoms with E-state index in [4.69, 9.17) is 20.4 Å². The van der Waals surface area contributed by atoms with Crippen molar-refractivity contribution in [3.05, 3.63) is 53.9 Å². The first-order chi connectivity index (χ1) is 23.3. The maximum Gasteiger partial charge on any atom is 0.271 e. The number of hydrogen-bond donors (Lipinski definition) is 2. The van der Waals surface area contributed by atoms with Gasteiger partial charge in [-0.2, -0.15) is 0 Å². The van der Waals surface area contributed by atoms with Crippen LogP contribution in [0.2, 0.25) is 0 Å². The van der Waals surface area contributed by atoms with E-state index in [-0.39, 0.29) is 11.2 Å². The van der Waals surface area contributed by atoms with Crippen LogP contribution >= 0.6 is 0 Å². The average Bonchev–Trinajstić information content (AvgIpc) is 3.09. The molecule has 0 radical (unpaired) electrons. The molecule has 0 unspecified atom stereocenters. The van der Waals surface area contributed by atoms with Gasteiger partial charge in [-0.25, -0.2) is 9.97 Å². The lowest BCUT2D eigenvalue weighted by Gasteiger charge is -2.55. The number of carbonyl (C=O) groups excluding carboxylic acids is 1. The van der Waals surface area contributed by atoms with E-state index in [0.717, 1.165) is 69.2 Å². The summed E-state index contributed by atoms with van der Waals surface area (Å²) in [6.45, 7) is 11.5. The average molecular weight is 652 g/mol. The molecule has 5 fully saturated rings. The predicted octanol–water partition coefficient (Wildman–Crippen LogP) is 4.45. The molecule has 0 atom stereocenters. The standard InChI is InChI=1S/C37H49N9O2/c1-26-4-3-16-39-30(26)31-35(46-21-13-37(46)14-22-48-23-15-37)42-34(32(41-31)33(38)47)40-27-5-7-28(8-6-27)44-17-9-29(10-18-44)45-19-11-36(12-20-45)24-43(2)25-36/h3-8,16,29H,9-15,17-25H2,1-2H3,(H2,38,47)(H,40,42). The van der Waals surface area contributed by atoms with Crippen molar-refractivity contribution in [1.29, 1.82) is 0 Å². The van der Waals surface area contributed by atoms with Crippen LogP contribution in [0.3, 0.4) is 0 Å². The van der Waals surface area contributed by atoms with Crippen molar-refractivity contribution in [3.63, 3.8) is 0 Å². The lowest BCUT2D eigenvalue weighted by atomic mass is 9.72. The molecule has 0 aliphatic carbocycles. The van der Waals surface area contributed by atoms with E-state index in [1.54, 1.807) is 6.20 Å². The number of aromatic nitrogens is 3. The Morgan fingerprint density at radius 1 is 0.917 bits per heavy atom. The number of anilines is 4. The minimum Gasteiger partial charge on any atom is -0.381 e. The second kappa shape index (κ2) is 12.6. The van der Waals surface area contributed by atoms with Crippen molar-refractivity contribution in [2.45, 2.75) is 63.5 Å². The summed E-state index contributed by atoms with van der Waals surface area (Å²) in [4.78, 5) is 37.6. The Morgan fingerprint density at radius 3 is 2.27 bits per heavy atom. The quantitative estimate of drug-likeness (QED) is 0.380. The van der Waals surface area contributed by atoms with E-state index in [0.29, 0.717) is 28.7 Å². The summed E-state index contributed by atoms with van der Waals surface area (Å²) < 4.78 is 5.72.